The molecule has 2 aromatic rings. The van der Waals surface area contributed by atoms with Gasteiger partial charge in [0.2, 0.25) is 5.91 Å². The topological polar surface area (TPSA) is 92.1 Å². The number of nitrogens with zero attached hydrogens (tertiary/aromatic N) is 3. The van der Waals surface area contributed by atoms with Gasteiger partial charge in [0.25, 0.3) is 11.5 Å². The summed E-state index contributed by atoms with van der Waals surface area (Å²) in [7, 11) is 3.37. The molecule has 1 aliphatic carbocycles. The number of piperidine rings is 1. The van der Waals surface area contributed by atoms with Gasteiger partial charge in [-0.05, 0) is 31.7 Å². The summed E-state index contributed by atoms with van der Waals surface area (Å²) in [6.07, 6.45) is 5.90. The third-order valence-electron chi connectivity index (χ3n) is 8.13. The van der Waals surface area contributed by atoms with Crippen molar-refractivity contribution in [1.82, 2.24) is 14.4 Å². The van der Waals surface area contributed by atoms with Gasteiger partial charge in [0.05, 0.1) is 30.7 Å². The summed E-state index contributed by atoms with van der Waals surface area (Å²) in [6.45, 7) is 3.89. The van der Waals surface area contributed by atoms with Crippen LogP contribution in [-0.2, 0) is 16.1 Å². The van der Waals surface area contributed by atoms with E-state index in [0.29, 0.717) is 50.3 Å². The third-order valence-corrected chi connectivity index (χ3v) is 8.13. The number of benzene rings is 1. The molecule has 4 rings (SSSR count). The highest BCUT2D eigenvalue weighted by molar-refractivity contribution is 6.00. The Balaban J connectivity index is 1.66. The van der Waals surface area contributed by atoms with E-state index in [0.717, 1.165) is 31.2 Å². The van der Waals surface area contributed by atoms with E-state index in [2.05, 4.69) is 0 Å². The van der Waals surface area contributed by atoms with Crippen molar-refractivity contribution in [3.63, 3.8) is 0 Å². The van der Waals surface area contributed by atoms with Crippen molar-refractivity contribution in [2.45, 2.75) is 57.6 Å². The highest BCUT2D eigenvalue weighted by Gasteiger charge is 2.55. The fraction of sp³-hybridized carbons (Fsp3) is 0.552. The number of likely N-dealkylation sites (tertiary alicyclic amines) is 1. The lowest BCUT2D eigenvalue weighted by molar-refractivity contribution is -0.161. The van der Waals surface area contributed by atoms with Gasteiger partial charge in [-0.15, -0.1) is 0 Å². The molecule has 8 nitrogen and oxygen atoms in total. The summed E-state index contributed by atoms with van der Waals surface area (Å²) in [5.74, 6) is -0.157. The lowest BCUT2D eigenvalue weighted by Crippen LogP contribution is -2.62. The molecular formula is C29H39N3O5. The molecule has 1 aliphatic heterocycles. The van der Waals surface area contributed by atoms with Crippen molar-refractivity contribution in [1.29, 1.82) is 0 Å². The van der Waals surface area contributed by atoms with Crippen LogP contribution in [0, 0.1) is 5.41 Å². The van der Waals surface area contributed by atoms with Crippen LogP contribution in [0.25, 0.3) is 11.1 Å². The molecule has 0 bridgehead atoms. The number of pyridine rings is 1. The third kappa shape index (κ3) is 5.50. The van der Waals surface area contributed by atoms with Gasteiger partial charge in [0, 0.05) is 57.0 Å². The zero-order valence-electron chi connectivity index (χ0n) is 22.2. The number of ether oxygens (including phenoxy) is 1. The highest BCUT2D eigenvalue weighted by Crippen LogP contribution is 2.51. The van der Waals surface area contributed by atoms with Crippen molar-refractivity contribution in [2.24, 2.45) is 5.41 Å². The van der Waals surface area contributed by atoms with Crippen LogP contribution in [-0.4, -0.2) is 77.3 Å². The maximum absolute atomic E-state index is 13.3. The van der Waals surface area contributed by atoms with E-state index in [-0.39, 0.29) is 23.9 Å². The molecule has 1 saturated carbocycles. The lowest BCUT2D eigenvalue weighted by atomic mass is 9.65. The van der Waals surface area contributed by atoms with Crippen molar-refractivity contribution in [3.05, 3.63) is 58.5 Å². The largest absolute Gasteiger partial charge is 0.387 e. The minimum absolute atomic E-state index is 0.0463. The van der Waals surface area contributed by atoms with Gasteiger partial charge in [-0.2, -0.15) is 0 Å². The van der Waals surface area contributed by atoms with E-state index in [9.17, 15) is 19.5 Å². The quantitative estimate of drug-likeness (QED) is 0.552. The van der Waals surface area contributed by atoms with Crippen molar-refractivity contribution in [2.75, 3.05) is 40.4 Å². The summed E-state index contributed by atoms with van der Waals surface area (Å²) < 4.78 is 6.86. The number of hydrogen-bond donors (Lipinski definition) is 1. The minimum atomic E-state index is -1.16. The monoisotopic (exact) mass is 509 g/mol. The number of carbonyl (C=O) groups is 2. The Bertz CT molecular complexity index is 1170. The molecule has 0 radical (unpaired) electrons. The number of hydrogen-bond acceptors (Lipinski definition) is 5. The summed E-state index contributed by atoms with van der Waals surface area (Å²) >= 11 is 0. The molecule has 2 aliphatic rings. The second-order valence-electron chi connectivity index (χ2n) is 10.7. The summed E-state index contributed by atoms with van der Waals surface area (Å²) in [5, 5.41) is 12.1. The first-order valence-electron chi connectivity index (χ1n) is 13.3. The molecule has 1 aromatic carbocycles. The first kappa shape index (κ1) is 27.1. The Hall–Kier alpha value is -2.97. The maximum Gasteiger partial charge on any atom is 0.255 e. The van der Waals surface area contributed by atoms with Gasteiger partial charge in [-0.3, -0.25) is 14.4 Å². The van der Waals surface area contributed by atoms with Crippen molar-refractivity contribution in [3.8, 4) is 11.1 Å². The molecule has 2 amide bonds. The molecule has 37 heavy (non-hydrogen) atoms. The first-order valence-corrected chi connectivity index (χ1v) is 13.3. The van der Waals surface area contributed by atoms with E-state index < -0.39 is 11.0 Å². The van der Waals surface area contributed by atoms with Gasteiger partial charge in [-0.1, -0.05) is 43.2 Å². The normalized spacial score (nSPS) is 20.8. The fourth-order valence-electron chi connectivity index (χ4n) is 6.02. The Labute approximate surface area is 218 Å². The Morgan fingerprint density at radius 1 is 1.11 bits per heavy atom. The zero-order chi connectivity index (χ0) is 26.6. The van der Waals surface area contributed by atoms with E-state index in [1.54, 1.807) is 20.3 Å². The first-order chi connectivity index (χ1) is 17.7. The Morgan fingerprint density at radius 2 is 1.81 bits per heavy atom. The van der Waals surface area contributed by atoms with Crippen LogP contribution in [0.1, 0.15) is 55.8 Å². The van der Waals surface area contributed by atoms with Crippen LogP contribution < -0.4 is 5.56 Å². The molecule has 2 heterocycles. The van der Waals surface area contributed by atoms with E-state index in [4.69, 9.17) is 4.74 Å². The van der Waals surface area contributed by atoms with Gasteiger partial charge >= 0.3 is 0 Å². The van der Waals surface area contributed by atoms with Gasteiger partial charge < -0.3 is 24.2 Å². The second kappa shape index (κ2) is 11.2. The van der Waals surface area contributed by atoms with Crippen LogP contribution in [0.2, 0.25) is 0 Å². The molecule has 2 fully saturated rings. The zero-order valence-corrected chi connectivity index (χ0v) is 22.2. The molecule has 1 unspecified atom stereocenters. The molecular weight excluding hydrogens is 470 g/mol. The minimum Gasteiger partial charge on any atom is -0.387 e. The van der Waals surface area contributed by atoms with Crippen LogP contribution in [0.4, 0.5) is 0 Å². The average molecular weight is 510 g/mol. The summed E-state index contributed by atoms with van der Waals surface area (Å²) in [5.41, 5.74) is -0.0963. The van der Waals surface area contributed by atoms with Crippen molar-refractivity contribution >= 4 is 11.8 Å². The van der Waals surface area contributed by atoms with E-state index in [1.165, 1.54) is 15.5 Å². The predicted molar refractivity (Wildman–Crippen MR) is 142 cm³/mol. The standard InChI is InChI=1S/C29H39N3O5/c1-4-37-17-12-25(33)31-16-15-29(36,28(20-31)13-8-9-14-28)21-32-19-24(27(35)30(2)3)23(18-26(32)34)22-10-6-5-7-11-22/h5-7,10-11,18-19,36H,4,8-9,12-17,20-21H2,1-3H3. The molecule has 1 N–H and O–H groups in total. The van der Waals surface area contributed by atoms with Gasteiger partial charge in [0.1, 0.15) is 0 Å². The maximum atomic E-state index is 13.3. The molecule has 1 aromatic heterocycles. The van der Waals surface area contributed by atoms with Crippen LogP contribution in [0.5, 0.6) is 0 Å². The molecule has 1 spiro atoms. The van der Waals surface area contributed by atoms with E-state index >= 15 is 0 Å². The molecule has 200 valence electrons. The predicted octanol–water partition coefficient (Wildman–Crippen LogP) is 3.17. The fourth-order valence-corrected chi connectivity index (χ4v) is 6.02. The lowest BCUT2D eigenvalue weighted by Gasteiger charge is -2.52. The summed E-state index contributed by atoms with van der Waals surface area (Å²) in [6, 6.07) is 10.9. The highest BCUT2D eigenvalue weighted by atomic mass is 16.5. The number of aromatic nitrogens is 1. The SMILES string of the molecule is CCOCCC(=O)N1CCC(O)(Cn2cc(C(=O)N(C)C)c(-c3ccccc3)cc2=O)C2(CCCC2)C1. The van der Waals surface area contributed by atoms with Crippen LogP contribution >= 0.6 is 0 Å². The molecule has 8 heteroatoms. The number of carbonyl (C=O) groups excluding carboxylic acids is 2. The van der Waals surface area contributed by atoms with Crippen LogP contribution in [0.15, 0.2) is 47.4 Å². The van der Waals surface area contributed by atoms with E-state index in [1.807, 2.05) is 42.2 Å². The van der Waals surface area contributed by atoms with Crippen LogP contribution in [0.3, 0.4) is 0 Å². The number of amides is 2. The molecule has 1 saturated heterocycles. The Kier molecular flexibility index (Phi) is 8.19. The Morgan fingerprint density at radius 3 is 2.46 bits per heavy atom. The number of rotatable bonds is 8. The smallest absolute Gasteiger partial charge is 0.255 e. The average Bonchev–Trinajstić information content (AvgIpc) is 3.37. The molecule has 1 atom stereocenters. The van der Waals surface area contributed by atoms with Crippen molar-refractivity contribution < 1.29 is 19.4 Å². The van der Waals surface area contributed by atoms with Gasteiger partial charge in [0.15, 0.2) is 0 Å². The second-order valence-corrected chi connectivity index (χ2v) is 10.7. The summed E-state index contributed by atoms with van der Waals surface area (Å²) in [4.78, 5) is 42.7. The van der Waals surface area contributed by atoms with Gasteiger partial charge in [-0.25, -0.2) is 0 Å². The number of aliphatic hydroxyl groups is 1.